The lowest BCUT2D eigenvalue weighted by Crippen LogP contribution is -2.14. The van der Waals surface area contributed by atoms with E-state index in [1.165, 1.54) is 19.3 Å². The molecule has 0 spiro atoms. The molecular weight excluding hydrogens is 138 g/mol. The standard InChI is InChI=1S/C9H13NO/c1-11-9-8-5-3-2-4-6(10-9)7(5)8/h5-8H,2-4H2,1H3/t5-,6+,7+,8-/m0/s1. The predicted octanol–water partition coefficient (Wildman–Crippen LogP) is 1.46. The van der Waals surface area contributed by atoms with E-state index in [0.29, 0.717) is 6.04 Å². The van der Waals surface area contributed by atoms with Crippen LogP contribution in [-0.2, 0) is 4.74 Å². The molecule has 0 aromatic rings. The van der Waals surface area contributed by atoms with Crippen molar-refractivity contribution >= 4 is 5.90 Å². The van der Waals surface area contributed by atoms with Gasteiger partial charge in [0.1, 0.15) is 0 Å². The molecule has 1 aliphatic heterocycles. The van der Waals surface area contributed by atoms with E-state index in [1.54, 1.807) is 7.11 Å². The fourth-order valence-corrected chi connectivity index (χ4v) is 2.99. The SMILES string of the molecule is COC1=N[C@@H]2CCC[C@@H]3[C@H]1[C@H]32. The predicted molar refractivity (Wildman–Crippen MR) is 42.6 cm³/mol. The zero-order valence-corrected chi connectivity index (χ0v) is 6.79. The summed E-state index contributed by atoms with van der Waals surface area (Å²) in [5, 5.41) is 0. The summed E-state index contributed by atoms with van der Waals surface area (Å²) in [6, 6.07) is 0.647. The normalized spacial score (nSPS) is 51.5. The van der Waals surface area contributed by atoms with E-state index < -0.39 is 0 Å². The molecule has 4 atom stereocenters. The maximum absolute atomic E-state index is 5.25. The quantitative estimate of drug-likeness (QED) is 0.513. The Morgan fingerprint density at radius 1 is 1.45 bits per heavy atom. The summed E-state index contributed by atoms with van der Waals surface area (Å²) < 4.78 is 5.25. The van der Waals surface area contributed by atoms with Gasteiger partial charge in [-0.2, -0.15) is 0 Å². The molecule has 0 aromatic heterocycles. The molecule has 2 heteroatoms. The average Bonchev–Trinajstić information content (AvgIpc) is 2.59. The van der Waals surface area contributed by atoms with E-state index in [9.17, 15) is 0 Å². The Bertz CT molecular complexity index is 224. The van der Waals surface area contributed by atoms with Gasteiger partial charge in [0.05, 0.1) is 13.2 Å². The van der Waals surface area contributed by atoms with Crippen molar-refractivity contribution in [1.82, 2.24) is 0 Å². The van der Waals surface area contributed by atoms with Crippen LogP contribution in [0.3, 0.4) is 0 Å². The first-order valence-electron chi connectivity index (χ1n) is 4.53. The van der Waals surface area contributed by atoms with Crippen molar-refractivity contribution in [2.24, 2.45) is 22.7 Å². The Morgan fingerprint density at radius 3 is 3.00 bits per heavy atom. The first kappa shape index (κ1) is 6.04. The van der Waals surface area contributed by atoms with Crippen molar-refractivity contribution < 1.29 is 4.74 Å². The molecule has 0 unspecified atom stereocenters. The van der Waals surface area contributed by atoms with Crippen molar-refractivity contribution in [2.75, 3.05) is 7.11 Å². The van der Waals surface area contributed by atoms with Crippen LogP contribution in [0.15, 0.2) is 4.99 Å². The van der Waals surface area contributed by atoms with Gasteiger partial charge in [0, 0.05) is 5.92 Å². The number of methoxy groups -OCH3 is 1. The minimum atomic E-state index is 0.647. The maximum Gasteiger partial charge on any atom is 0.187 e. The van der Waals surface area contributed by atoms with Gasteiger partial charge in [0.15, 0.2) is 5.90 Å². The van der Waals surface area contributed by atoms with Crippen LogP contribution in [0.1, 0.15) is 19.3 Å². The molecule has 2 saturated carbocycles. The van der Waals surface area contributed by atoms with Gasteiger partial charge in [-0.15, -0.1) is 0 Å². The van der Waals surface area contributed by atoms with Crippen LogP contribution in [0.4, 0.5) is 0 Å². The fourth-order valence-electron chi connectivity index (χ4n) is 2.99. The summed E-state index contributed by atoms with van der Waals surface area (Å²) in [5.74, 6) is 3.66. The molecule has 3 aliphatic rings. The summed E-state index contributed by atoms with van der Waals surface area (Å²) >= 11 is 0. The molecule has 0 aromatic carbocycles. The first-order valence-corrected chi connectivity index (χ1v) is 4.53. The van der Waals surface area contributed by atoms with Gasteiger partial charge < -0.3 is 4.74 Å². The summed E-state index contributed by atoms with van der Waals surface area (Å²) in [6.45, 7) is 0. The van der Waals surface area contributed by atoms with E-state index in [-0.39, 0.29) is 0 Å². The van der Waals surface area contributed by atoms with Crippen molar-refractivity contribution in [1.29, 1.82) is 0 Å². The van der Waals surface area contributed by atoms with Gasteiger partial charge >= 0.3 is 0 Å². The van der Waals surface area contributed by atoms with Gasteiger partial charge in [-0.25, -0.2) is 0 Å². The number of ether oxygens (including phenoxy) is 1. The molecule has 2 nitrogen and oxygen atoms in total. The van der Waals surface area contributed by atoms with E-state index in [2.05, 4.69) is 4.99 Å². The Balaban J connectivity index is 1.91. The molecule has 0 saturated heterocycles. The number of rotatable bonds is 0. The highest BCUT2D eigenvalue weighted by Gasteiger charge is 2.62. The molecule has 0 N–H and O–H groups in total. The monoisotopic (exact) mass is 151 g/mol. The zero-order chi connectivity index (χ0) is 7.42. The first-order chi connectivity index (χ1) is 5.42. The number of aliphatic imine (C=N–C) groups is 1. The highest BCUT2D eigenvalue weighted by molar-refractivity contribution is 5.85. The molecule has 2 aliphatic carbocycles. The second-order valence-electron chi connectivity index (χ2n) is 3.94. The number of fused-ring (bicyclic) bond motifs is 1. The third kappa shape index (κ3) is 0.608. The van der Waals surface area contributed by atoms with Crippen LogP contribution in [0.5, 0.6) is 0 Å². The van der Waals surface area contributed by atoms with Crippen LogP contribution in [0, 0.1) is 17.8 Å². The van der Waals surface area contributed by atoms with Gasteiger partial charge in [-0.3, -0.25) is 4.99 Å². The van der Waals surface area contributed by atoms with Crippen LogP contribution >= 0.6 is 0 Å². The van der Waals surface area contributed by atoms with Gasteiger partial charge in [-0.05, 0) is 24.7 Å². The minimum absolute atomic E-state index is 0.647. The molecule has 11 heavy (non-hydrogen) atoms. The molecule has 0 bridgehead atoms. The van der Waals surface area contributed by atoms with Gasteiger partial charge in [0.25, 0.3) is 0 Å². The summed E-state index contributed by atoms with van der Waals surface area (Å²) in [7, 11) is 1.76. The number of hydrogen-bond donors (Lipinski definition) is 0. The van der Waals surface area contributed by atoms with E-state index in [0.717, 1.165) is 23.7 Å². The maximum atomic E-state index is 5.25. The van der Waals surface area contributed by atoms with Gasteiger partial charge in [0.2, 0.25) is 0 Å². The van der Waals surface area contributed by atoms with Crippen molar-refractivity contribution in [3.05, 3.63) is 0 Å². The van der Waals surface area contributed by atoms with Crippen molar-refractivity contribution in [2.45, 2.75) is 25.3 Å². The molecule has 2 fully saturated rings. The average molecular weight is 151 g/mol. The number of nitrogens with zero attached hydrogens (tertiary/aromatic N) is 1. The molecule has 1 heterocycles. The van der Waals surface area contributed by atoms with Crippen molar-refractivity contribution in [3.63, 3.8) is 0 Å². The topological polar surface area (TPSA) is 21.6 Å². The summed E-state index contributed by atoms with van der Waals surface area (Å²) in [4.78, 5) is 4.55. The van der Waals surface area contributed by atoms with E-state index in [4.69, 9.17) is 4.74 Å². The third-order valence-electron chi connectivity index (χ3n) is 3.50. The molecule has 0 amide bonds. The van der Waals surface area contributed by atoms with Crippen LogP contribution in [0.2, 0.25) is 0 Å². The highest BCUT2D eigenvalue weighted by Crippen LogP contribution is 2.60. The van der Waals surface area contributed by atoms with Crippen LogP contribution in [-0.4, -0.2) is 19.0 Å². The Morgan fingerprint density at radius 2 is 2.36 bits per heavy atom. The lowest BCUT2D eigenvalue weighted by atomic mass is 9.96. The lowest BCUT2D eigenvalue weighted by molar-refractivity contribution is 0.369. The molecule has 0 radical (unpaired) electrons. The molecular formula is C9H13NO. The van der Waals surface area contributed by atoms with Crippen molar-refractivity contribution in [3.8, 4) is 0 Å². The lowest BCUT2D eigenvalue weighted by Gasteiger charge is -2.16. The second-order valence-corrected chi connectivity index (χ2v) is 3.94. The molecule has 60 valence electrons. The largest absolute Gasteiger partial charge is 0.484 e. The minimum Gasteiger partial charge on any atom is -0.484 e. The Kier molecular flexibility index (Phi) is 0.984. The van der Waals surface area contributed by atoms with Crippen LogP contribution < -0.4 is 0 Å². The third-order valence-corrected chi connectivity index (χ3v) is 3.50. The fraction of sp³-hybridized carbons (Fsp3) is 0.889. The molecule has 3 rings (SSSR count). The zero-order valence-electron chi connectivity index (χ0n) is 6.79. The smallest absolute Gasteiger partial charge is 0.187 e. The Labute approximate surface area is 66.7 Å². The summed E-state index contributed by atoms with van der Waals surface area (Å²) in [6.07, 6.45) is 4.13. The van der Waals surface area contributed by atoms with Crippen LogP contribution in [0.25, 0.3) is 0 Å². The second kappa shape index (κ2) is 1.79. The van der Waals surface area contributed by atoms with E-state index in [1.807, 2.05) is 0 Å². The summed E-state index contributed by atoms with van der Waals surface area (Å²) in [5.41, 5.74) is 0. The van der Waals surface area contributed by atoms with Gasteiger partial charge in [-0.1, -0.05) is 6.42 Å². The highest BCUT2D eigenvalue weighted by atomic mass is 16.5. The Hall–Kier alpha value is -0.530. The van der Waals surface area contributed by atoms with E-state index >= 15 is 0 Å². The number of hydrogen-bond acceptors (Lipinski definition) is 2.